The molecular formula is C10H11BrFNO. The van der Waals surface area contributed by atoms with Gasteiger partial charge in [-0.05, 0) is 24.3 Å². The lowest BCUT2D eigenvalue weighted by molar-refractivity contribution is 0.455. The highest BCUT2D eigenvalue weighted by atomic mass is 79.9. The summed E-state index contributed by atoms with van der Waals surface area (Å²) >= 11 is 3.42. The molecule has 0 saturated heterocycles. The van der Waals surface area contributed by atoms with Crippen LogP contribution < -0.4 is 5.56 Å². The molecule has 4 heteroatoms. The predicted octanol–water partition coefficient (Wildman–Crippen LogP) is 2.16. The number of nitrogens with zero attached hydrogens (tertiary/aromatic N) is 1. The fourth-order valence-corrected chi connectivity index (χ4v) is 2.24. The molecule has 2 nitrogen and oxygen atoms in total. The molecule has 14 heavy (non-hydrogen) atoms. The molecule has 1 fully saturated rings. The second-order valence-corrected chi connectivity index (χ2v) is 4.51. The number of pyridine rings is 1. The highest BCUT2D eigenvalue weighted by molar-refractivity contribution is 9.09. The maximum atomic E-state index is 12.9. The minimum absolute atomic E-state index is 0.126. The standard InChI is InChI=1S/C10H11BrFNO/c11-6-10(3-4-10)7-13-5-8(12)1-2-9(13)14/h1-2,5H,3-4,6-7H2. The van der Waals surface area contributed by atoms with Crippen LogP contribution in [0.25, 0.3) is 0 Å². The van der Waals surface area contributed by atoms with E-state index in [1.54, 1.807) is 0 Å². The fourth-order valence-electron chi connectivity index (χ4n) is 1.50. The summed E-state index contributed by atoms with van der Waals surface area (Å²) in [6.45, 7) is 0.620. The lowest BCUT2D eigenvalue weighted by Crippen LogP contribution is -2.24. The average molecular weight is 260 g/mol. The van der Waals surface area contributed by atoms with E-state index >= 15 is 0 Å². The number of hydrogen-bond acceptors (Lipinski definition) is 1. The molecule has 1 saturated carbocycles. The Bertz CT molecular complexity index is 397. The molecule has 0 bridgehead atoms. The Morgan fingerprint density at radius 2 is 2.21 bits per heavy atom. The fraction of sp³-hybridized carbons (Fsp3) is 0.500. The van der Waals surface area contributed by atoms with Crippen molar-refractivity contribution in [1.82, 2.24) is 4.57 Å². The van der Waals surface area contributed by atoms with Gasteiger partial charge in [0.05, 0.1) is 0 Å². The molecule has 0 atom stereocenters. The summed E-state index contributed by atoms with van der Waals surface area (Å²) in [5, 5.41) is 0.878. The van der Waals surface area contributed by atoms with E-state index in [-0.39, 0.29) is 16.8 Å². The summed E-state index contributed by atoms with van der Waals surface area (Å²) in [7, 11) is 0. The Balaban J connectivity index is 2.24. The number of hydrogen-bond donors (Lipinski definition) is 0. The molecule has 0 spiro atoms. The van der Waals surface area contributed by atoms with Crippen LogP contribution in [0.15, 0.2) is 23.1 Å². The second kappa shape index (κ2) is 3.50. The van der Waals surface area contributed by atoms with Crippen molar-refractivity contribution in [3.05, 3.63) is 34.5 Å². The molecule has 76 valence electrons. The van der Waals surface area contributed by atoms with Gasteiger partial charge in [0, 0.05) is 24.1 Å². The van der Waals surface area contributed by atoms with Crippen LogP contribution in [-0.4, -0.2) is 9.90 Å². The van der Waals surface area contributed by atoms with Gasteiger partial charge in [0.2, 0.25) is 0 Å². The molecule has 0 aromatic carbocycles. The van der Waals surface area contributed by atoms with E-state index in [0.717, 1.165) is 18.2 Å². The van der Waals surface area contributed by atoms with E-state index in [0.29, 0.717) is 6.54 Å². The number of rotatable bonds is 3. The Morgan fingerprint density at radius 1 is 1.50 bits per heavy atom. The summed E-state index contributed by atoms with van der Waals surface area (Å²) in [6, 6.07) is 2.48. The smallest absolute Gasteiger partial charge is 0.250 e. The van der Waals surface area contributed by atoms with Gasteiger partial charge in [0.25, 0.3) is 5.56 Å². The van der Waals surface area contributed by atoms with Crippen LogP contribution in [0.3, 0.4) is 0 Å². The molecule has 0 aliphatic heterocycles. The van der Waals surface area contributed by atoms with Gasteiger partial charge in [-0.2, -0.15) is 0 Å². The quantitative estimate of drug-likeness (QED) is 0.763. The summed E-state index contributed by atoms with van der Waals surface area (Å²) in [6.07, 6.45) is 3.51. The van der Waals surface area contributed by atoms with Gasteiger partial charge in [-0.1, -0.05) is 15.9 Å². The van der Waals surface area contributed by atoms with Crippen LogP contribution >= 0.6 is 15.9 Å². The Hall–Kier alpha value is -0.640. The van der Waals surface area contributed by atoms with E-state index in [1.165, 1.54) is 22.9 Å². The lowest BCUT2D eigenvalue weighted by Gasteiger charge is -2.13. The minimum atomic E-state index is -0.352. The van der Waals surface area contributed by atoms with Crippen LogP contribution in [-0.2, 0) is 6.54 Å². The van der Waals surface area contributed by atoms with Crippen molar-refractivity contribution in [2.45, 2.75) is 19.4 Å². The summed E-state index contributed by atoms with van der Waals surface area (Å²) < 4.78 is 14.3. The Labute approximate surface area is 89.9 Å². The van der Waals surface area contributed by atoms with E-state index in [9.17, 15) is 9.18 Å². The third-order valence-corrected chi connectivity index (χ3v) is 3.88. The van der Waals surface area contributed by atoms with E-state index in [4.69, 9.17) is 0 Å². The Morgan fingerprint density at radius 3 is 2.79 bits per heavy atom. The normalized spacial score (nSPS) is 18.1. The molecule has 1 heterocycles. The summed E-state index contributed by atoms with van der Waals surface area (Å²) in [5.74, 6) is -0.352. The highest BCUT2D eigenvalue weighted by Gasteiger charge is 2.41. The molecule has 1 aliphatic rings. The molecule has 0 unspecified atom stereocenters. The predicted molar refractivity (Wildman–Crippen MR) is 56.1 cm³/mol. The largest absolute Gasteiger partial charge is 0.312 e. The van der Waals surface area contributed by atoms with Gasteiger partial charge in [-0.3, -0.25) is 4.79 Å². The van der Waals surface area contributed by atoms with E-state index < -0.39 is 0 Å². The van der Waals surface area contributed by atoms with Crippen molar-refractivity contribution < 1.29 is 4.39 Å². The average Bonchev–Trinajstić information content (AvgIpc) is 2.92. The molecule has 0 radical (unpaired) electrons. The van der Waals surface area contributed by atoms with Gasteiger partial charge in [0.1, 0.15) is 5.82 Å². The van der Waals surface area contributed by atoms with Crippen molar-refractivity contribution in [1.29, 1.82) is 0 Å². The van der Waals surface area contributed by atoms with Gasteiger partial charge in [-0.25, -0.2) is 4.39 Å². The molecule has 1 aromatic rings. The monoisotopic (exact) mass is 259 g/mol. The van der Waals surface area contributed by atoms with Crippen LogP contribution in [0.1, 0.15) is 12.8 Å². The molecule has 2 rings (SSSR count). The zero-order chi connectivity index (χ0) is 10.2. The first-order valence-corrected chi connectivity index (χ1v) is 5.69. The minimum Gasteiger partial charge on any atom is -0.312 e. The van der Waals surface area contributed by atoms with Crippen LogP contribution in [0.2, 0.25) is 0 Å². The molecule has 0 N–H and O–H groups in total. The zero-order valence-electron chi connectivity index (χ0n) is 7.67. The maximum absolute atomic E-state index is 12.9. The molecule has 0 amide bonds. The molecule has 1 aromatic heterocycles. The molecular weight excluding hydrogens is 249 g/mol. The van der Waals surface area contributed by atoms with Gasteiger partial charge in [-0.15, -0.1) is 0 Å². The van der Waals surface area contributed by atoms with Crippen LogP contribution in [0.5, 0.6) is 0 Å². The zero-order valence-corrected chi connectivity index (χ0v) is 9.26. The molecule has 1 aliphatic carbocycles. The first kappa shape index (κ1) is 9.90. The Kier molecular flexibility index (Phi) is 2.47. The third kappa shape index (κ3) is 1.90. The lowest BCUT2D eigenvalue weighted by atomic mass is 10.1. The van der Waals surface area contributed by atoms with E-state index in [1.807, 2.05) is 0 Å². The topological polar surface area (TPSA) is 22.0 Å². The van der Waals surface area contributed by atoms with Gasteiger partial charge in [0.15, 0.2) is 0 Å². The second-order valence-electron chi connectivity index (χ2n) is 3.95. The first-order valence-electron chi connectivity index (χ1n) is 4.57. The van der Waals surface area contributed by atoms with Crippen molar-refractivity contribution in [2.75, 3.05) is 5.33 Å². The van der Waals surface area contributed by atoms with Crippen molar-refractivity contribution in [2.24, 2.45) is 5.41 Å². The van der Waals surface area contributed by atoms with Crippen molar-refractivity contribution in [3.8, 4) is 0 Å². The van der Waals surface area contributed by atoms with Crippen molar-refractivity contribution in [3.63, 3.8) is 0 Å². The summed E-state index contributed by atoms with van der Waals surface area (Å²) in [4.78, 5) is 11.4. The van der Waals surface area contributed by atoms with E-state index in [2.05, 4.69) is 15.9 Å². The highest BCUT2D eigenvalue weighted by Crippen LogP contribution is 2.48. The number of aromatic nitrogens is 1. The number of alkyl halides is 1. The van der Waals surface area contributed by atoms with Gasteiger partial charge < -0.3 is 4.57 Å². The SMILES string of the molecule is O=c1ccc(F)cn1CC1(CBr)CC1. The van der Waals surface area contributed by atoms with Crippen LogP contribution in [0, 0.1) is 11.2 Å². The third-order valence-electron chi connectivity index (χ3n) is 2.69. The first-order chi connectivity index (χ1) is 6.65. The number of halogens is 2. The summed E-state index contributed by atoms with van der Waals surface area (Å²) in [5.41, 5.74) is 0.0658. The van der Waals surface area contributed by atoms with Gasteiger partial charge >= 0.3 is 0 Å². The van der Waals surface area contributed by atoms with Crippen molar-refractivity contribution >= 4 is 15.9 Å². The maximum Gasteiger partial charge on any atom is 0.250 e. The van der Waals surface area contributed by atoms with Crippen LogP contribution in [0.4, 0.5) is 4.39 Å².